The molecule has 0 bridgehead atoms. The van der Waals surface area contributed by atoms with Crippen LogP contribution in [0, 0.1) is 5.41 Å². The van der Waals surface area contributed by atoms with Crippen molar-refractivity contribution in [1.29, 1.82) is 0 Å². The van der Waals surface area contributed by atoms with Crippen molar-refractivity contribution in [2.75, 3.05) is 24.6 Å². The molecule has 3 heterocycles. The number of aromatic nitrogens is 2. The fraction of sp³-hybridized carbons (Fsp3) is 0.312. The molecule has 0 atom stereocenters. The van der Waals surface area contributed by atoms with Gasteiger partial charge in [0.15, 0.2) is 0 Å². The predicted octanol–water partition coefficient (Wildman–Crippen LogP) is 7.58. The highest BCUT2D eigenvalue weighted by Crippen LogP contribution is 2.43. The number of carbonyl (C=O) groups is 1. The second-order valence-electron chi connectivity index (χ2n) is 11.4. The average Bonchev–Trinajstić information content (AvgIpc) is 3.37. The van der Waals surface area contributed by atoms with Gasteiger partial charge in [0.05, 0.1) is 18.9 Å². The van der Waals surface area contributed by atoms with E-state index < -0.39 is 5.97 Å². The maximum absolute atomic E-state index is 11.9. The summed E-state index contributed by atoms with van der Waals surface area (Å²) in [6.07, 6.45) is 6.70. The number of aromatic carboxylic acids is 1. The Hall–Kier alpha value is -3.81. The molecule has 206 valence electrons. The summed E-state index contributed by atoms with van der Waals surface area (Å²) >= 11 is 6.14. The van der Waals surface area contributed by atoms with Gasteiger partial charge < -0.3 is 24.5 Å². The van der Waals surface area contributed by atoms with Gasteiger partial charge in [0.25, 0.3) is 0 Å². The van der Waals surface area contributed by atoms with Crippen LogP contribution in [0.2, 0.25) is 5.02 Å². The Balaban J connectivity index is 1.13. The molecule has 1 aliphatic heterocycles. The zero-order valence-corrected chi connectivity index (χ0v) is 23.4. The van der Waals surface area contributed by atoms with Gasteiger partial charge in [0.1, 0.15) is 22.7 Å². The summed E-state index contributed by atoms with van der Waals surface area (Å²) in [4.78, 5) is 21.4. The van der Waals surface area contributed by atoms with Crippen LogP contribution in [0.15, 0.2) is 72.6 Å². The third-order valence-electron chi connectivity index (χ3n) is 7.88. The number of carboxylic acids is 1. The Morgan fingerprint density at radius 2 is 1.95 bits per heavy atom. The number of hydrogen-bond acceptors (Lipinski definition) is 5. The van der Waals surface area contributed by atoms with E-state index in [4.69, 9.17) is 21.1 Å². The first-order chi connectivity index (χ1) is 19.2. The lowest BCUT2D eigenvalue weighted by molar-refractivity contribution is 0.0468. The van der Waals surface area contributed by atoms with Crippen LogP contribution in [0.3, 0.4) is 0 Å². The first-order valence-corrected chi connectivity index (χ1v) is 13.9. The minimum absolute atomic E-state index is 0.105. The summed E-state index contributed by atoms with van der Waals surface area (Å²) in [5, 5.41) is 11.4. The normalized spacial score (nSPS) is 17.2. The van der Waals surface area contributed by atoms with Gasteiger partial charge in [0, 0.05) is 41.4 Å². The summed E-state index contributed by atoms with van der Waals surface area (Å²) < 4.78 is 12.4. The van der Waals surface area contributed by atoms with Gasteiger partial charge in [-0.15, -0.1) is 0 Å². The standard InChI is InChI=1S/C32H32ClN3O4/c1-32(2)11-9-22(28(15-32)20-3-5-23(33)6-4-20)19-39-26-17-36(18-26)24-7-8-27(31(37)38)29(14-24)40-25-13-21-10-12-34-30(21)35-16-25/h3-8,10,12-14,16,26H,9,11,15,17-19H2,1-2H3,(H,34,35)(H,37,38). The van der Waals surface area contributed by atoms with Crippen molar-refractivity contribution in [1.82, 2.24) is 9.97 Å². The van der Waals surface area contributed by atoms with Crippen LogP contribution in [-0.2, 0) is 4.74 Å². The molecule has 1 saturated heterocycles. The number of hydrogen-bond donors (Lipinski definition) is 2. The third kappa shape index (κ3) is 5.58. The van der Waals surface area contributed by atoms with Gasteiger partial charge in [-0.05, 0) is 77.8 Å². The Bertz CT molecular complexity index is 1590. The van der Waals surface area contributed by atoms with Gasteiger partial charge in [-0.25, -0.2) is 9.78 Å². The zero-order valence-electron chi connectivity index (χ0n) is 22.6. The number of halogens is 1. The van der Waals surface area contributed by atoms with E-state index in [2.05, 4.69) is 40.8 Å². The van der Waals surface area contributed by atoms with E-state index in [0.717, 1.165) is 54.1 Å². The van der Waals surface area contributed by atoms with E-state index in [0.29, 0.717) is 12.4 Å². The highest BCUT2D eigenvalue weighted by Gasteiger charge is 2.31. The number of H-pyrrole nitrogens is 1. The fourth-order valence-electron chi connectivity index (χ4n) is 5.49. The summed E-state index contributed by atoms with van der Waals surface area (Å²) in [5.74, 6) is -0.270. The minimum atomic E-state index is -1.04. The van der Waals surface area contributed by atoms with Crippen LogP contribution in [0.4, 0.5) is 5.69 Å². The number of benzene rings is 2. The number of fused-ring (bicyclic) bond motifs is 1. The van der Waals surface area contributed by atoms with E-state index in [1.165, 1.54) is 16.7 Å². The molecule has 6 rings (SSSR count). The molecular weight excluding hydrogens is 526 g/mol. The summed E-state index contributed by atoms with van der Waals surface area (Å²) in [5.41, 5.74) is 5.99. The molecular formula is C32H32ClN3O4. The van der Waals surface area contributed by atoms with Crippen LogP contribution in [0.5, 0.6) is 11.5 Å². The molecule has 0 spiro atoms. The Labute approximate surface area is 238 Å². The number of pyridine rings is 1. The lowest BCUT2D eigenvalue weighted by Gasteiger charge is -2.41. The summed E-state index contributed by atoms with van der Waals surface area (Å²) in [7, 11) is 0. The smallest absolute Gasteiger partial charge is 0.339 e. The molecule has 2 aliphatic rings. The molecule has 1 aliphatic carbocycles. The second kappa shape index (κ2) is 10.6. The van der Waals surface area contributed by atoms with Crippen LogP contribution in [-0.4, -0.2) is 46.8 Å². The quantitative estimate of drug-likeness (QED) is 0.232. The average molecular weight is 558 g/mol. The number of nitrogens with zero attached hydrogens (tertiary/aromatic N) is 2. The highest BCUT2D eigenvalue weighted by molar-refractivity contribution is 6.30. The molecule has 0 saturated carbocycles. The monoisotopic (exact) mass is 557 g/mol. The van der Waals surface area contributed by atoms with Crippen molar-refractivity contribution in [2.45, 2.75) is 39.2 Å². The third-order valence-corrected chi connectivity index (χ3v) is 8.14. The molecule has 40 heavy (non-hydrogen) atoms. The molecule has 7 nitrogen and oxygen atoms in total. The van der Waals surface area contributed by atoms with Gasteiger partial charge >= 0.3 is 5.97 Å². The maximum Gasteiger partial charge on any atom is 0.339 e. The number of aromatic amines is 1. The molecule has 1 fully saturated rings. The summed E-state index contributed by atoms with van der Waals surface area (Å²) in [6, 6.07) is 17.1. The van der Waals surface area contributed by atoms with E-state index in [9.17, 15) is 9.90 Å². The maximum atomic E-state index is 11.9. The van der Waals surface area contributed by atoms with Crippen molar-refractivity contribution in [3.63, 3.8) is 0 Å². The number of nitrogens with one attached hydrogen (secondary N) is 1. The first kappa shape index (κ1) is 26.4. The second-order valence-corrected chi connectivity index (χ2v) is 11.9. The van der Waals surface area contributed by atoms with E-state index in [1.807, 2.05) is 30.3 Å². The van der Waals surface area contributed by atoms with E-state index in [-0.39, 0.29) is 22.8 Å². The van der Waals surface area contributed by atoms with E-state index >= 15 is 0 Å². The zero-order chi connectivity index (χ0) is 27.9. The molecule has 2 N–H and O–H groups in total. The lowest BCUT2D eigenvalue weighted by Crippen LogP contribution is -2.52. The van der Waals surface area contributed by atoms with Crippen molar-refractivity contribution < 1.29 is 19.4 Å². The van der Waals surface area contributed by atoms with Crippen molar-refractivity contribution in [2.24, 2.45) is 5.41 Å². The topological polar surface area (TPSA) is 87.7 Å². The van der Waals surface area contributed by atoms with Gasteiger partial charge in [-0.3, -0.25) is 0 Å². The van der Waals surface area contributed by atoms with E-state index in [1.54, 1.807) is 24.5 Å². The molecule has 0 amide bonds. The van der Waals surface area contributed by atoms with Gasteiger partial charge in [-0.2, -0.15) is 0 Å². The predicted molar refractivity (Wildman–Crippen MR) is 158 cm³/mol. The number of carboxylic acid groups (broad SMARTS) is 1. The first-order valence-electron chi connectivity index (χ1n) is 13.6. The molecule has 0 radical (unpaired) electrons. The molecule has 4 aromatic rings. The number of ether oxygens (including phenoxy) is 2. The lowest BCUT2D eigenvalue weighted by atomic mass is 9.72. The van der Waals surface area contributed by atoms with Crippen molar-refractivity contribution >= 4 is 39.9 Å². The van der Waals surface area contributed by atoms with Crippen LogP contribution in [0.1, 0.15) is 49.0 Å². The van der Waals surface area contributed by atoms with Crippen LogP contribution >= 0.6 is 11.6 Å². The molecule has 2 aromatic carbocycles. The van der Waals surface area contributed by atoms with Gasteiger partial charge in [-0.1, -0.05) is 37.6 Å². The van der Waals surface area contributed by atoms with Gasteiger partial charge in [0.2, 0.25) is 0 Å². The highest BCUT2D eigenvalue weighted by atomic mass is 35.5. The fourth-order valence-corrected chi connectivity index (χ4v) is 5.62. The minimum Gasteiger partial charge on any atom is -0.478 e. The van der Waals surface area contributed by atoms with Crippen LogP contribution < -0.4 is 9.64 Å². The van der Waals surface area contributed by atoms with Crippen LogP contribution in [0.25, 0.3) is 16.6 Å². The Kier molecular flexibility index (Phi) is 7.02. The molecule has 2 aromatic heterocycles. The number of anilines is 1. The number of allylic oxidation sites excluding steroid dienone is 1. The van der Waals surface area contributed by atoms with Crippen molar-refractivity contribution in [3.05, 3.63) is 88.7 Å². The van der Waals surface area contributed by atoms with Crippen molar-refractivity contribution in [3.8, 4) is 11.5 Å². The summed E-state index contributed by atoms with van der Waals surface area (Å²) in [6.45, 7) is 6.74. The molecule has 8 heteroatoms. The Morgan fingerprint density at radius 1 is 1.15 bits per heavy atom. The largest absolute Gasteiger partial charge is 0.478 e. The molecule has 0 unspecified atom stereocenters. The Morgan fingerprint density at radius 3 is 2.73 bits per heavy atom. The number of rotatable bonds is 8. The SMILES string of the molecule is CC1(C)CCC(COC2CN(c3ccc(C(=O)O)c(Oc4cnc5[nH]ccc5c4)c3)C2)=C(c2ccc(Cl)cc2)C1.